The molecule has 2 aromatic carbocycles. The quantitative estimate of drug-likeness (QED) is 0.445. The van der Waals surface area contributed by atoms with E-state index in [9.17, 15) is 0 Å². The minimum absolute atomic E-state index is 0.0434. The van der Waals surface area contributed by atoms with Gasteiger partial charge in [0.05, 0.1) is 4.75 Å². The molecule has 2 fully saturated rings. The van der Waals surface area contributed by atoms with Crippen LogP contribution in [0.15, 0.2) is 71.9 Å². The number of thioether (sulfide) groups is 1. The van der Waals surface area contributed by atoms with Gasteiger partial charge in [0.25, 0.3) is 0 Å². The Morgan fingerprint density at radius 2 is 1.85 bits per heavy atom. The van der Waals surface area contributed by atoms with Crippen molar-refractivity contribution in [3.8, 4) is 0 Å². The molecule has 1 saturated carbocycles. The molecule has 5 rings (SSSR count). The number of allylic oxidation sites excluding steroid dienone is 1. The van der Waals surface area contributed by atoms with Crippen molar-refractivity contribution in [3.63, 3.8) is 0 Å². The summed E-state index contributed by atoms with van der Waals surface area (Å²) in [7, 11) is 1.98. The molecule has 1 spiro atoms. The lowest BCUT2D eigenvalue weighted by Crippen LogP contribution is -2.43. The minimum atomic E-state index is 0.0434. The zero-order valence-corrected chi connectivity index (χ0v) is 21.1. The summed E-state index contributed by atoms with van der Waals surface area (Å²) in [5, 5.41) is 7.58. The molecule has 1 aliphatic carbocycles. The van der Waals surface area contributed by atoms with Crippen molar-refractivity contribution in [3.05, 3.63) is 83.2 Å². The van der Waals surface area contributed by atoms with E-state index in [4.69, 9.17) is 11.6 Å². The highest BCUT2D eigenvalue weighted by atomic mass is 35.5. The normalized spacial score (nSPS) is 20.4. The van der Waals surface area contributed by atoms with Gasteiger partial charge in [-0.05, 0) is 99.6 Å². The van der Waals surface area contributed by atoms with Crippen LogP contribution in [-0.4, -0.2) is 36.3 Å². The van der Waals surface area contributed by atoms with Crippen molar-refractivity contribution < 1.29 is 0 Å². The lowest BCUT2D eigenvalue weighted by molar-refractivity contribution is 0.179. The lowest BCUT2D eigenvalue weighted by Gasteiger charge is -2.40. The van der Waals surface area contributed by atoms with Crippen LogP contribution < -0.4 is 10.6 Å². The van der Waals surface area contributed by atoms with Crippen LogP contribution in [0.3, 0.4) is 0 Å². The summed E-state index contributed by atoms with van der Waals surface area (Å²) in [5.41, 5.74) is 6.29. The topological polar surface area (TPSA) is 27.3 Å². The van der Waals surface area contributed by atoms with Gasteiger partial charge in [-0.25, -0.2) is 0 Å². The van der Waals surface area contributed by atoms with E-state index >= 15 is 0 Å². The maximum absolute atomic E-state index is 6.32. The second-order valence-corrected chi connectivity index (χ2v) is 11.7. The van der Waals surface area contributed by atoms with Crippen molar-refractivity contribution in [2.75, 3.05) is 32.0 Å². The van der Waals surface area contributed by atoms with E-state index in [1.807, 2.05) is 24.9 Å². The average Bonchev–Trinajstić information content (AvgIpc) is 3.56. The maximum Gasteiger partial charge on any atom is 0.0597 e. The number of aryl methyl sites for hydroxylation is 1. The number of hydrogen-bond donors (Lipinski definition) is 2. The Morgan fingerprint density at radius 3 is 2.52 bits per heavy atom. The van der Waals surface area contributed by atoms with E-state index in [1.54, 1.807) is 0 Å². The number of rotatable bonds is 8. The fraction of sp³-hybridized carbons (Fsp3) is 0.429. The summed E-state index contributed by atoms with van der Waals surface area (Å²) in [5.74, 6) is 0. The summed E-state index contributed by atoms with van der Waals surface area (Å²) < 4.78 is 0.216. The van der Waals surface area contributed by atoms with E-state index in [0.29, 0.717) is 0 Å². The number of nitrogens with one attached hydrogen (secondary N) is 2. The van der Waals surface area contributed by atoms with E-state index in [1.165, 1.54) is 41.0 Å². The van der Waals surface area contributed by atoms with Gasteiger partial charge < -0.3 is 15.5 Å². The first-order valence-corrected chi connectivity index (χ1v) is 13.3. The molecule has 2 aromatic rings. The van der Waals surface area contributed by atoms with Crippen LogP contribution in [0.4, 0.5) is 5.69 Å². The molecular weight excluding hydrogens is 446 g/mol. The molecular formula is C28H34ClN3S. The maximum atomic E-state index is 6.32. The molecule has 2 N–H and O–H groups in total. The highest BCUT2D eigenvalue weighted by molar-refractivity contribution is 8.01. The highest BCUT2D eigenvalue weighted by Gasteiger charge is 2.46. The zero-order valence-electron chi connectivity index (χ0n) is 19.6. The Bertz CT molecular complexity index is 1050. The van der Waals surface area contributed by atoms with E-state index in [2.05, 4.69) is 65.1 Å². The molecule has 174 valence electrons. The largest absolute Gasteiger partial charge is 0.391 e. The second kappa shape index (κ2) is 9.05. The number of piperidine rings is 1. The van der Waals surface area contributed by atoms with Gasteiger partial charge in [-0.15, -0.1) is 11.8 Å². The van der Waals surface area contributed by atoms with Crippen molar-refractivity contribution in [2.24, 2.45) is 0 Å². The zero-order chi connectivity index (χ0) is 23.1. The SMILES string of the molecule is C=C(NC)C1(Sc2ccc(CCCN3CCC4(CC3)C(=C)Nc3ccc(Cl)cc34)cc2)CC1. The summed E-state index contributed by atoms with van der Waals surface area (Å²) in [6.07, 6.45) is 6.99. The van der Waals surface area contributed by atoms with Gasteiger partial charge in [0.15, 0.2) is 0 Å². The Morgan fingerprint density at radius 1 is 1.12 bits per heavy atom. The number of likely N-dealkylation sites (tertiary alicyclic amines) is 1. The average molecular weight is 480 g/mol. The van der Waals surface area contributed by atoms with Crippen LogP contribution in [0.1, 0.15) is 43.2 Å². The molecule has 2 heterocycles. The monoisotopic (exact) mass is 479 g/mol. The van der Waals surface area contributed by atoms with Gasteiger partial charge in [0.2, 0.25) is 0 Å². The van der Waals surface area contributed by atoms with Crippen LogP contribution in [0.2, 0.25) is 5.02 Å². The van der Waals surface area contributed by atoms with Gasteiger partial charge in [-0.2, -0.15) is 0 Å². The van der Waals surface area contributed by atoms with Crippen molar-refractivity contribution >= 4 is 29.1 Å². The molecule has 3 nitrogen and oxygen atoms in total. The lowest BCUT2D eigenvalue weighted by atomic mass is 9.72. The van der Waals surface area contributed by atoms with Gasteiger partial charge in [0.1, 0.15) is 0 Å². The van der Waals surface area contributed by atoms with Crippen LogP contribution in [0, 0.1) is 0 Å². The van der Waals surface area contributed by atoms with Crippen LogP contribution in [-0.2, 0) is 11.8 Å². The summed E-state index contributed by atoms with van der Waals surface area (Å²) >= 11 is 8.28. The summed E-state index contributed by atoms with van der Waals surface area (Å²) in [6.45, 7) is 11.9. The third-order valence-corrected chi connectivity index (χ3v) is 9.59. The number of fused-ring (bicyclic) bond motifs is 2. The predicted molar refractivity (Wildman–Crippen MR) is 142 cm³/mol. The van der Waals surface area contributed by atoms with Crippen LogP contribution >= 0.6 is 23.4 Å². The number of anilines is 1. The van der Waals surface area contributed by atoms with Crippen molar-refractivity contribution in [2.45, 2.75) is 53.6 Å². The Kier molecular flexibility index (Phi) is 6.28. The summed E-state index contributed by atoms with van der Waals surface area (Å²) in [6, 6.07) is 15.4. The molecule has 0 bridgehead atoms. The first-order chi connectivity index (χ1) is 15.9. The van der Waals surface area contributed by atoms with Gasteiger partial charge >= 0.3 is 0 Å². The number of halogens is 1. The highest BCUT2D eigenvalue weighted by Crippen LogP contribution is 2.55. The van der Waals surface area contributed by atoms with E-state index in [0.717, 1.165) is 55.3 Å². The summed E-state index contributed by atoms with van der Waals surface area (Å²) in [4.78, 5) is 3.96. The van der Waals surface area contributed by atoms with E-state index in [-0.39, 0.29) is 10.2 Å². The second-order valence-electron chi connectivity index (χ2n) is 9.79. The molecule has 0 atom stereocenters. The number of hydrogen-bond acceptors (Lipinski definition) is 4. The van der Waals surface area contributed by atoms with Gasteiger partial charge in [0, 0.05) is 39.5 Å². The molecule has 33 heavy (non-hydrogen) atoms. The molecule has 2 aliphatic heterocycles. The number of nitrogens with zero attached hydrogens (tertiary/aromatic N) is 1. The molecule has 0 amide bonds. The van der Waals surface area contributed by atoms with Crippen LogP contribution in [0.25, 0.3) is 0 Å². The van der Waals surface area contributed by atoms with Gasteiger partial charge in [-0.3, -0.25) is 0 Å². The molecule has 3 aliphatic rings. The first kappa shape index (κ1) is 22.9. The standard InChI is InChI=1S/C28H34ClN3S/c1-20-27(25-19-23(29)8-11-26(25)31-20)14-17-32(18-15-27)16-4-5-22-6-9-24(10-7-22)33-28(12-13-28)21(2)30-3/h6-11,19,30-31H,1-2,4-5,12-18H2,3H3. The Balaban J connectivity index is 1.11. The first-order valence-electron chi connectivity index (χ1n) is 12.1. The fourth-order valence-electron chi connectivity index (χ4n) is 5.46. The Hall–Kier alpha value is -1.88. The van der Waals surface area contributed by atoms with E-state index < -0.39 is 0 Å². The molecule has 0 radical (unpaired) electrons. The fourth-order valence-corrected chi connectivity index (χ4v) is 6.89. The minimum Gasteiger partial charge on any atom is -0.391 e. The molecule has 1 saturated heterocycles. The smallest absolute Gasteiger partial charge is 0.0597 e. The van der Waals surface area contributed by atoms with Crippen molar-refractivity contribution in [1.82, 2.24) is 10.2 Å². The molecule has 5 heteroatoms. The third-order valence-electron chi connectivity index (χ3n) is 7.80. The molecule has 0 unspecified atom stereocenters. The van der Waals surface area contributed by atoms with Crippen LogP contribution in [0.5, 0.6) is 0 Å². The van der Waals surface area contributed by atoms with Gasteiger partial charge in [-0.1, -0.05) is 36.9 Å². The predicted octanol–water partition coefficient (Wildman–Crippen LogP) is 6.60. The molecule has 0 aromatic heterocycles. The Labute approximate surface area is 207 Å². The number of benzene rings is 2. The van der Waals surface area contributed by atoms with Crippen molar-refractivity contribution in [1.29, 1.82) is 0 Å². The third kappa shape index (κ3) is 4.45.